The number of piperazine rings is 2. The molecular weight excluding hydrogens is 344 g/mol. The van der Waals surface area contributed by atoms with Gasteiger partial charge in [0.15, 0.2) is 13.1 Å². The van der Waals surface area contributed by atoms with Crippen molar-refractivity contribution in [2.75, 3.05) is 44.2 Å². The van der Waals surface area contributed by atoms with Gasteiger partial charge in [-0.3, -0.25) is 14.6 Å². The van der Waals surface area contributed by atoms with Gasteiger partial charge in [0.05, 0.1) is 12.1 Å². The Morgan fingerprint density at radius 2 is 1.37 bits per heavy atom. The molecule has 2 heterocycles. The van der Waals surface area contributed by atoms with Crippen molar-refractivity contribution in [2.45, 2.75) is 65.7 Å². The fourth-order valence-electron chi connectivity index (χ4n) is 5.29. The molecule has 2 aliphatic heterocycles. The molecule has 1 aromatic rings. The summed E-state index contributed by atoms with van der Waals surface area (Å²) in [4.78, 5) is 19.9. The third-order valence-electron chi connectivity index (χ3n) is 6.44. The van der Waals surface area contributed by atoms with Gasteiger partial charge in [-0.2, -0.15) is 0 Å². The Labute approximate surface area is 162 Å². The first-order valence-corrected chi connectivity index (χ1v) is 10.2. The van der Waals surface area contributed by atoms with Crippen molar-refractivity contribution in [2.24, 2.45) is 0 Å². The van der Waals surface area contributed by atoms with E-state index in [1.54, 1.807) is 0 Å². The second kappa shape index (κ2) is 8.29. The monoisotopic (exact) mass is 380 g/mol. The summed E-state index contributed by atoms with van der Waals surface area (Å²) in [6.07, 6.45) is 0. The molecule has 154 valence electrons. The Bertz CT molecular complexity index is 714. The van der Waals surface area contributed by atoms with Crippen LogP contribution in [0.15, 0.2) is 4.79 Å². The summed E-state index contributed by atoms with van der Waals surface area (Å²) >= 11 is 0. The van der Waals surface area contributed by atoms with E-state index in [1.807, 2.05) is 0 Å². The van der Waals surface area contributed by atoms with Gasteiger partial charge in [-0.15, -0.1) is 0 Å². The van der Waals surface area contributed by atoms with E-state index in [0.717, 1.165) is 39.3 Å². The molecule has 1 aromatic carbocycles. The first-order chi connectivity index (χ1) is 12.3. The zero-order chi connectivity index (χ0) is 19.2. The van der Waals surface area contributed by atoms with Crippen LogP contribution in [0.1, 0.15) is 41.5 Å². The van der Waals surface area contributed by atoms with Gasteiger partial charge in [0, 0.05) is 25.2 Å². The summed E-state index contributed by atoms with van der Waals surface area (Å²) in [5, 5.41) is 11.3. The van der Waals surface area contributed by atoms with Crippen molar-refractivity contribution < 1.29 is 10.6 Å². The Morgan fingerprint density at radius 3 is 1.78 bits per heavy atom. The van der Waals surface area contributed by atoms with Gasteiger partial charge in [0.25, 0.3) is 10.8 Å². The van der Waals surface area contributed by atoms with E-state index >= 15 is 0 Å². The second-order valence-corrected chi connectivity index (χ2v) is 8.24. The van der Waals surface area contributed by atoms with Gasteiger partial charge in [-0.1, -0.05) is 13.8 Å². The molecule has 0 amide bonds. The summed E-state index contributed by atoms with van der Waals surface area (Å²) in [7, 11) is 0. The number of aromatic hydroxyl groups is 1. The zero-order valence-corrected chi connectivity index (χ0v) is 17.6. The van der Waals surface area contributed by atoms with Crippen LogP contribution in [-0.2, 0) is 0 Å². The van der Waals surface area contributed by atoms with Crippen molar-refractivity contribution in [1.82, 2.24) is 14.4 Å². The normalized spacial score (nSPS) is 32.6. The van der Waals surface area contributed by atoms with Crippen LogP contribution in [0.25, 0.3) is 0 Å². The van der Waals surface area contributed by atoms with E-state index in [-0.39, 0.29) is 16.7 Å². The smallest absolute Gasteiger partial charge is 0.294 e. The Balaban J connectivity index is 0.00000261. The summed E-state index contributed by atoms with van der Waals surface area (Å²) < 4.78 is 2.10. The van der Waals surface area contributed by atoms with Crippen molar-refractivity contribution in [1.29, 1.82) is 0 Å². The third kappa shape index (κ3) is 3.65. The fraction of sp³-hybridized carbons (Fsp3) is 0.800. The molecule has 0 unspecified atom stereocenters. The van der Waals surface area contributed by atoms with Crippen LogP contribution in [-0.4, -0.2) is 83.8 Å². The minimum Gasteiger partial charge on any atom is -0.870 e. The molecule has 0 aliphatic carbocycles. The lowest BCUT2D eigenvalue weighted by Crippen LogP contribution is -2.62. The number of likely N-dealkylation sites (N-methyl/N-ethyl adjacent to an activating group) is 2. The predicted molar refractivity (Wildman–Crippen MR) is 109 cm³/mol. The lowest BCUT2D eigenvalue weighted by Gasteiger charge is -2.45. The van der Waals surface area contributed by atoms with Gasteiger partial charge in [0.1, 0.15) is 5.69 Å². The van der Waals surface area contributed by atoms with E-state index in [9.17, 15) is 9.90 Å². The largest absolute Gasteiger partial charge is 0.870 e. The minimum atomic E-state index is 0. The fourth-order valence-corrected chi connectivity index (χ4v) is 5.29. The van der Waals surface area contributed by atoms with Gasteiger partial charge in [-0.25, -0.2) is 4.58 Å². The van der Waals surface area contributed by atoms with Crippen molar-refractivity contribution in [3.8, 4) is 5.75 Å². The Hall–Kier alpha value is -1.44. The van der Waals surface area contributed by atoms with Crippen LogP contribution in [0.2, 0.25) is 0 Å². The van der Waals surface area contributed by atoms with Crippen LogP contribution in [0.4, 0.5) is 5.69 Å². The van der Waals surface area contributed by atoms with Gasteiger partial charge in [-0.05, 0) is 40.8 Å². The molecule has 0 bridgehead atoms. The molecule has 3 rings (SSSR count). The quantitative estimate of drug-likeness (QED) is 0.758. The van der Waals surface area contributed by atoms with E-state index in [0.29, 0.717) is 35.2 Å². The highest BCUT2D eigenvalue weighted by atomic mass is 16.3. The van der Waals surface area contributed by atoms with E-state index < -0.39 is 0 Å². The third-order valence-corrected chi connectivity index (χ3v) is 6.44. The van der Waals surface area contributed by atoms with Crippen LogP contribution in [0, 0.1) is 0 Å². The molecule has 7 heteroatoms. The molecule has 0 saturated carbocycles. The minimum absolute atomic E-state index is 0. The van der Waals surface area contributed by atoms with Crippen LogP contribution >= 0.6 is 0 Å². The summed E-state index contributed by atoms with van der Waals surface area (Å²) in [5.74, 6) is 0.212. The maximum absolute atomic E-state index is 12.9. The predicted octanol–water partition coefficient (Wildman–Crippen LogP) is 0.255. The summed E-state index contributed by atoms with van der Waals surface area (Å²) in [5.41, 5.74) is 0.559. The molecule has 2 N–H and O–H groups in total. The standard InChI is InChI=1S/C20H34N4O2.H2O/c1-7-23-13(3)9-21(10-14(23)4)17-19(25)18(20(17)26)22-11-15(5)24(8-2)16(6)12-22;/h13-16H,7-12H2,1-6H3;1H2/t13-,14+,15-,16+;. The molecule has 4 atom stereocenters. The number of rotatable bonds is 3. The van der Waals surface area contributed by atoms with Crippen LogP contribution < -0.4 is 20.3 Å². The molecule has 2 saturated heterocycles. The molecule has 2 aliphatic rings. The summed E-state index contributed by atoms with van der Waals surface area (Å²) in [6, 6.07) is 1.53. The Morgan fingerprint density at radius 1 is 0.926 bits per heavy atom. The number of nitrogens with zero attached hydrogens (tertiary/aromatic N) is 4. The number of hydrogen-bond acceptors (Lipinski definition) is 6. The molecule has 0 spiro atoms. The molecule has 0 aromatic heterocycles. The average molecular weight is 381 g/mol. The first-order valence-electron chi connectivity index (χ1n) is 10.2. The summed E-state index contributed by atoms with van der Waals surface area (Å²) in [6.45, 7) is 18.4. The maximum Gasteiger partial charge on any atom is 0.294 e. The molecule has 7 nitrogen and oxygen atoms in total. The van der Waals surface area contributed by atoms with E-state index in [2.05, 4.69) is 60.8 Å². The molecule has 0 radical (unpaired) electrons. The highest BCUT2D eigenvalue weighted by Crippen LogP contribution is 2.26. The SMILES string of the molecule is CCN1[C@H](C)CN(c2c(O)c(=[N+]3C[C@@H](C)N(CC)[C@@H](C)C3)c2=O)C[C@@H]1C.[OH-]. The van der Waals surface area contributed by atoms with Crippen molar-refractivity contribution in [3.05, 3.63) is 15.6 Å². The number of hydrogen-bond donors (Lipinski definition) is 1. The topological polar surface area (TPSA) is 80.0 Å². The van der Waals surface area contributed by atoms with Gasteiger partial charge < -0.3 is 15.5 Å². The first kappa shape index (κ1) is 21.9. The lowest BCUT2D eigenvalue weighted by atomic mass is 10.0. The van der Waals surface area contributed by atoms with Crippen molar-refractivity contribution in [3.63, 3.8) is 0 Å². The number of anilines is 1. The highest BCUT2D eigenvalue weighted by Gasteiger charge is 2.38. The highest BCUT2D eigenvalue weighted by molar-refractivity contribution is 5.63. The maximum atomic E-state index is 12.9. The average Bonchev–Trinajstić information content (AvgIpc) is 2.54. The molecular formula is C20H36N4O3. The molecule has 27 heavy (non-hydrogen) atoms. The Kier molecular flexibility index (Phi) is 6.71. The van der Waals surface area contributed by atoms with E-state index in [1.165, 1.54) is 0 Å². The molecule has 2 fully saturated rings. The van der Waals surface area contributed by atoms with Gasteiger partial charge in [0.2, 0.25) is 5.75 Å². The lowest BCUT2D eigenvalue weighted by molar-refractivity contribution is 0.109. The zero-order valence-electron chi connectivity index (χ0n) is 17.6. The van der Waals surface area contributed by atoms with Crippen LogP contribution in [0.3, 0.4) is 0 Å². The van der Waals surface area contributed by atoms with Crippen LogP contribution in [0.5, 0.6) is 5.75 Å². The van der Waals surface area contributed by atoms with Gasteiger partial charge >= 0.3 is 0 Å². The second-order valence-electron chi connectivity index (χ2n) is 8.24. The van der Waals surface area contributed by atoms with Crippen molar-refractivity contribution >= 4 is 5.69 Å². The van der Waals surface area contributed by atoms with E-state index in [4.69, 9.17) is 0 Å².